The van der Waals surface area contributed by atoms with Crippen LogP contribution in [-0.4, -0.2) is 20.7 Å². The average molecular weight is 241 g/mol. The summed E-state index contributed by atoms with van der Waals surface area (Å²) in [6.45, 7) is 4.37. The third-order valence-electron chi connectivity index (χ3n) is 2.29. The van der Waals surface area contributed by atoms with Crippen LogP contribution in [0.3, 0.4) is 0 Å². The molecule has 0 aliphatic carbocycles. The third-order valence-corrected chi connectivity index (χ3v) is 3.88. The lowest BCUT2D eigenvalue weighted by atomic mass is 10.1. The van der Waals surface area contributed by atoms with Crippen molar-refractivity contribution in [3.8, 4) is 0 Å². The number of hydrogen-bond donors (Lipinski definition) is 1. The average Bonchev–Trinajstić information content (AvgIpc) is 2.17. The zero-order chi connectivity index (χ0) is 12.0. The molecule has 1 aromatic carbocycles. The summed E-state index contributed by atoms with van der Waals surface area (Å²) in [6.07, 6.45) is 1.39. The fourth-order valence-electron chi connectivity index (χ4n) is 1.56. The highest BCUT2D eigenvalue weighted by molar-refractivity contribution is 7.89. The molecule has 4 heteroatoms. The first-order valence-corrected chi connectivity index (χ1v) is 7.21. The van der Waals surface area contributed by atoms with E-state index in [1.165, 1.54) is 11.1 Å². The molecule has 1 rings (SSSR count). The summed E-state index contributed by atoms with van der Waals surface area (Å²) < 4.78 is 25.4. The van der Waals surface area contributed by atoms with Crippen LogP contribution in [0, 0.1) is 6.92 Å². The molecule has 1 aromatic rings. The van der Waals surface area contributed by atoms with Gasteiger partial charge in [-0.2, -0.15) is 0 Å². The molecule has 0 heterocycles. The molecule has 0 radical (unpaired) electrons. The van der Waals surface area contributed by atoms with Crippen LogP contribution in [0.25, 0.3) is 0 Å². The summed E-state index contributed by atoms with van der Waals surface area (Å²) in [5.74, 6) is 0.209. The van der Waals surface area contributed by atoms with Gasteiger partial charge >= 0.3 is 0 Å². The first-order chi connectivity index (χ1) is 7.53. The minimum Gasteiger partial charge on any atom is -0.215 e. The Labute approximate surface area is 97.9 Å². The quantitative estimate of drug-likeness (QED) is 0.826. The summed E-state index contributed by atoms with van der Waals surface area (Å²) in [5, 5.41) is 0. The largest absolute Gasteiger partial charge is 0.215 e. The van der Waals surface area contributed by atoms with Crippen molar-refractivity contribution < 1.29 is 8.42 Å². The van der Waals surface area contributed by atoms with E-state index in [4.69, 9.17) is 0 Å². The fraction of sp³-hybridized carbons (Fsp3) is 0.500. The van der Waals surface area contributed by atoms with E-state index in [9.17, 15) is 8.42 Å². The number of benzene rings is 1. The number of nitrogens with one attached hydrogen (secondary N) is 1. The van der Waals surface area contributed by atoms with Crippen LogP contribution in [0.2, 0.25) is 0 Å². The molecular formula is C12H19NO2S. The van der Waals surface area contributed by atoms with Gasteiger partial charge in [-0.1, -0.05) is 36.8 Å². The van der Waals surface area contributed by atoms with Gasteiger partial charge in [-0.3, -0.25) is 0 Å². The van der Waals surface area contributed by atoms with Gasteiger partial charge in [0.25, 0.3) is 0 Å². The van der Waals surface area contributed by atoms with E-state index < -0.39 is 10.0 Å². The SMILES string of the molecule is CCCS(=O)(=O)NCCc1cccc(C)c1. The molecule has 0 bridgehead atoms. The van der Waals surface area contributed by atoms with Gasteiger partial charge in [0.15, 0.2) is 0 Å². The highest BCUT2D eigenvalue weighted by atomic mass is 32.2. The van der Waals surface area contributed by atoms with E-state index in [0.29, 0.717) is 13.0 Å². The highest BCUT2D eigenvalue weighted by Crippen LogP contribution is 2.04. The number of rotatable bonds is 6. The molecule has 0 aromatic heterocycles. The lowest BCUT2D eigenvalue weighted by Gasteiger charge is -2.05. The van der Waals surface area contributed by atoms with Gasteiger partial charge in [0.05, 0.1) is 5.75 Å². The van der Waals surface area contributed by atoms with Crippen LogP contribution in [0.4, 0.5) is 0 Å². The monoisotopic (exact) mass is 241 g/mol. The predicted molar refractivity (Wildman–Crippen MR) is 67.0 cm³/mol. The van der Waals surface area contributed by atoms with E-state index in [1.807, 2.05) is 32.0 Å². The number of hydrogen-bond acceptors (Lipinski definition) is 2. The maximum absolute atomic E-state index is 11.4. The van der Waals surface area contributed by atoms with E-state index in [0.717, 1.165) is 6.42 Å². The second-order valence-electron chi connectivity index (χ2n) is 3.95. The molecular weight excluding hydrogens is 222 g/mol. The summed E-state index contributed by atoms with van der Waals surface area (Å²) >= 11 is 0. The Morgan fingerprint density at radius 1 is 1.31 bits per heavy atom. The van der Waals surface area contributed by atoms with Gasteiger partial charge in [0.2, 0.25) is 10.0 Å². The Kier molecular flexibility index (Phi) is 4.96. The summed E-state index contributed by atoms with van der Waals surface area (Å²) in [5.41, 5.74) is 2.37. The van der Waals surface area contributed by atoms with E-state index in [-0.39, 0.29) is 5.75 Å². The van der Waals surface area contributed by atoms with Crippen LogP contribution < -0.4 is 4.72 Å². The maximum atomic E-state index is 11.4. The lowest BCUT2D eigenvalue weighted by molar-refractivity contribution is 0.580. The van der Waals surface area contributed by atoms with Crippen molar-refractivity contribution >= 4 is 10.0 Å². The fourth-order valence-corrected chi connectivity index (χ4v) is 2.65. The van der Waals surface area contributed by atoms with Crippen molar-refractivity contribution in [2.75, 3.05) is 12.3 Å². The molecule has 0 spiro atoms. The molecule has 0 saturated heterocycles. The van der Waals surface area contributed by atoms with Crippen molar-refractivity contribution in [2.45, 2.75) is 26.7 Å². The standard InChI is InChI=1S/C12H19NO2S/c1-3-9-16(14,15)13-8-7-12-6-4-5-11(2)10-12/h4-6,10,13H,3,7-9H2,1-2H3. The molecule has 0 aliphatic rings. The van der Waals surface area contributed by atoms with Gasteiger partial charge in [-0.15, -0.1) is 0 Å². The Bertz CT molecular complexity index is 426. The second kappa shape index (κ2) is 6.01. The topological polar surface area (TPSA) is 46.2 Å². The molecule has 0 unspecified atom stereocenters. The van der Waals surface area contributed by atoms with Gasteiger partial charge in [-0.05, 0) is 25.3 Å². The van der Waals surface area contributed by atoms with Crippen molar-refractivity contribution in [3.63, 3.8) is 0 Å². The number of sulfonamides is 1. The summed E-state index contributed by atoms with van der Waals surface area (Å²) in [4.78, 5) is 0. The van der Waals surface area contributed by atoms with Gasteiger partial charge in [0.1, 0.15) is 0 Å². The molecule has 90 valence electrons. The lowest BCUT2D eigenvalue weighted by Crippen LogP contribution is -2.28. The zero-order valence-corrected chi connectivity index (χ0v) is 10.7. The molecule has 3 nitrogen and oxygen atoms in total. The Morgan fingerprint density at radius 2 is 2.06 bits per heavy atom. The zero-order valence-electron chi connectivity index (χ0n) is 9.86. The molecule has 16 heavy (non-hydrogen) atoms. The predicted octanol–water partition coefficient (Wildman–Crippen LogP) is 1.87. The van der Waals surface area contributed by atoms with E-state index in [2.05, 4.69) is 10.8 Å². The van der Waals surface area contributed by atoms with E-state index >= 15 is 0 Å². The van der Waals surface area contributed by atoms with Gasteiger partial charge in [0, 0.05) is 6.54 Å². The smallest absolute Gasteiger partial charge is 0.211 e. The minimum atomic E-state index is -3.06. The molecule has 0 atom stereocenters. The summed E-state index contributed by atoms with van der Waals surface area (Å²) in [7, 11) is -3.06. The maximum Gasteiger partial charge on any atom is 0.211 e. The van der Waals surface area contributed by atoms with Crippen molar-refractivity contribution in [1.82, 2.24) is 4.72 Å². The van der Waals surface area contributed by atoms with E-state index in [1.54, 1.807) is 0 Å². The van der Waals surface area contributed by atoms with Crippen molar-refractivity contribution in [2.24, 2.45) is 0 Å². The van der Waals surface area contributed by atoms with Gasteiger partial charge in [-0.25, -0.2) is 13.1 Å². The normalized spacial score (nSPS) is 11.6. The van der Waals surface area contributed by atoms with Crippen molar-refractivity contribution in [3.05, 3.63) is 35.4 Å². The molecule has 0 aliphatic heterocycles. The second-order valence-corrected chi connectivity index (χ2v) is 5.88. The van der Waals surface area contributed by atoms with Crippen LogP contribution in [0.1, 0.15) is 24.5 Å². The van der Waals surface area contributed by atoms with Crippen LogP contribution in [0.15, 0.2) is 24.3 Å². The summed E-state index contributed by atoms with van der Waals surface area (Å²) in [6, 6.07) is 8.12. The minimum absolute atomic E-state index is 0.209. The molecule has 0 amide bonds. The van der Waals surface area contributed by atoms with Crippen LogP contribution >= 0.6 is 0 Å². The Hall–Kier alpha value is -0.870. The molecule has 0 fully saturated rings. The Balaban J connectivity index is 2.42. The van der Waals surface area contributed by atoms with Crippen LogP contribution in [-0.2, 0) is 16.4 Å². The molecule has 0 saturated carbocycles. The van der Waals surface area contributed by atoms with Crippen molar-refractivity contribution in [1.29, 1.82) is 0 Å². The third kappa shape index (κ3) is 4.77. The first kappa shape index (κ1) is 13.2. The van der Waals surface area contributed by atoms with Crippen LogP contribution in [0.5, 0.6) is 0 Å². The molecule has 1 N–H and O–H groups in total. The number of aryl methyl sites for hydroxylation is 1. The van der Waals surface area contributed by atoms with Gasteiger partial charge < -0.3 is 0 Å². The first-order valence-electron chi connectivity index (χ1n) is 5.56. The Morgan fingerprint density at radius 3 is 2.69 bits per heavy atom. The highest BCUT2D eigenvalue weighted by Gasteiger charge is 2.06.